The van der Waals surface area contributed by atoms with Gasteiger partial charge in [0.1, 0.15) is 12.4 Å². The van der Waals surface area contributed by atoms with Gasteiger partial charge in [0.15, 0.2) is 0 Å². The molecule has 25 heavy (non-hydrogen) atoms. The molecule has 0 unspecified atom stereocenters. The summed E-state index contributed by atoms with van der Waals surface area (Å²) in [6.07, 6.45) is 0.572. The van der Waals surface area contributed by atoms with Crippen LogP contribution in [0.25, 0.3) is 0 Å². The Bertz CT molecular complexity index is 734. The molecule has 0 heterocycles. The van der Waals surface area contributed by atoms with Crippen LogP contribution in [0.15, 0.2) is 48.5 Å². The highest BCUT2D eigenvalue weighted by Crippen LogP contribution is 2.13. The number of methoxy groups -OCH3 is 1. The molecule has 2 rings (SSSR count). The third-order valence-corrected chi connectivity index (χ3v) is 3.96. The van der Waals surface area contributed by atoms with E-state index < -0.39 is 5.97 Å². The van der Waals surface area contributed by atoms with Gasteiger partial charge in [-0.2, -0.15) is 0 Å². The van der Waals surface area contributed by atoms with Crippen molar-refractivity contribution in [2.45, 2.75) is 19.4 Å². The van der Waals surface area contributed by atoms with Crippen LogP contribution in [-0.4, -0.2) is 30.4 Å². The van der Waals surface area contributed by atoms with Crippen LogP contribution in [0.2, 0.25) is 5.02 Å². The number of carbonyl (C=O) groups excluding carboxylic acids is 2. The van der Waals surface area contributed by atoms with E-state index in [9.17, 15) is 14.0 Å². The molecule has 1 amide bonds. The van der Waals surface area contributed by atoms with Crippen LogP contribution in [0, 0.1) is 5.82 Å². The topological polar surface area (TPSA) is 46.6 Å². The van der Waals surface area contributed by atoms with E-state index in [2.05, 4.69) is 4.74 Å². The molecule has 0 saturated heterocycles. The van der Waals surface area contributed by atoms with Crippen LogP contribution >= 0.6 is 11.6 Å². The number of rotatable bonds is 7. The van der Waals surface area contributed by atoms with Crippen molar-refractivity contribution in [2.24, 2.45) is 0 Å². The molecule has 0 aromatic heterocycles. The van der Waals surface area contributed by atoms with Gasteiger partial charge in [-0.1, -0.05) is 35.9 Å². The Morgan fingerprint density at radius 1 is 1.12 bits per heavy atom. The van der Waals surface area contributed by atoms with Crippen molar-refractivity contribution in [2.75, 3.05) is 13.7 Å². The molecule has 0 atom stereocenters. The third kappa shape index (κ3) is 6.19. The number of aryl methyl sites for hydroxylation is 1. The van der Waals surface area contributed by atoms with Gasteiger partial charge in [-0.25, -0.2) is 4.39 Å². The third-order valence-electron chi connectivity index (χ3n) is 3.70. The zero-order chi connectivity index (χ0) is 18.2. The Morgan fingerprint density at radius 3 is 2.48 bits per heavy atom. The Kier molecular flexibility index (Phi) is 6.95. The monoisotopic (exact) mass is 363 g/mol. The predicted octanol–water partition coefficient (Wildman–Crippen LogP) is 3.61. The Morgan fingerprint density at radius 2 is 1.84 bits per heavy atom. The minimum atomic E-state index is -0.493. The first-order valence-corrected chi connectivity index (χ1v) is 8.19. The molecule has 0 aliphatic rings. The molecule has 2 aromatic rings. The Balaban J connectivity index is 2.03. The van der Waals surface area contributed by atoms with Crippen LogP contribution < -0.4 is 0 Å². The number of hydrogen-bond acceptors (Lipinski definition) is 3. The van der Waals surface area contributed by atoms with E-state index in [1.54, 1.807) is 36.4 Å². The average molecular weight is 364 g/mol. The van der Waals surface area contributed by atoms with Gasteiger partial charge in [-0.15, -0.1) is 0 Å². The van der Waals surface area contributed by atoms with Crippen molar-refractivity contribution >= 4 is 23.5 Å². The van der Waals surface area contributed by atoms with Crippen molar-refractivity contribution in [1.29, 1.82) is 0 Å². The number of benzene rings is 2. The Hall–Kier alpha value is -2.40. The average Bonchev–Trinajstić information content (AvgIpc) is 2.61. The summed E-state index contributed by atoms with van der Waals surface area (Å²) < 4.78 is 17.9. The molecular weight excluding hydrogens is 345 g/mol. The fraction of sp³-hybridized carbons (Fsp3) is 0.263. The largest absolute Gasteiger partial charge is 0.468 e. The molecule has 2 aromatic carbocycles. The summed E-state index contributed by atoms with van der Waals surface area (Å²) in [6.45, 7) is 0.134. The van der Waals surface area contributed by atoms with Crippen LogP contribution in [0.1, 0.15) is 17.5 Å². The van der Waals surface area contributed by atoms with Crippen LogP contribution in [0.5, 0.6) is 0 Å². The molecule has 0 bridgehead atoms. The van der Waals surface area contributed by atoms with Crippen molar-refractivity contribution in [3.63, 3.8) is 0 Å². The van der Waals surface area contributed by atoms with Crippen molar-refractivity contribution in [1.82, 2.24) is 4.90 Å². The molecule has 0 fully saturated rings. The molecule has 0 saturated carbocycles. The maximum absolute atomic E-state index is 13.2. The van der Waals surface area contributed by atoms with E-state index in [0.29, 0.717) is 11.4 Å². The van der Waals surface area contributed by atoms with Gasteiger partial charge in [0, 0.05) is 18.0 Å². The summed E-state index contributed by atoms with van der Waals surface area (Å²) in [7, 11) is 1.28. The van der Waals surface area contributed by atoms with Gasteiger partial charge in [0.05, 0.1) is 7.11 Å². The van der Waals surface area contributed by atoms with E-state index in [-0.39, 0.29) is 31.2 Å². The van der Waals surface area contributed by atoms with E-state index >= 15 is 0 Å². The number of halogens is 2. The maximum atomic E-state index is 13.2. The van der Waals surface area contributed by atoms with Gasteiger partial charge >= 0.3 is 5.97 Å². The number of ether oxygens (including phenoxy) is 1. The summed E-state index contributed by atoms with van der Waals surface area (Å²) in [6, 6.07) is 13.2. The summed E-state index contributed by atoms with van der Waals surface area (Å²) in [4.78, 5) is 25.6. The lowest BCUT2D eigenvalue weighted by atomic mass is 10.1. The molecule has 4 nitrogen and oxygen atoms in total. The molecule has 0 N–H and O–H groups in total. The lowest BCUT2D eigenvalue weighted by Crippen LogP contribution is -2.35. The minimum absolute atomic E-state index is 0.138. The number of esters is 1. The van der Waals surface area contributed by atoms with Crippen molar-refractivity contribution < 1.29 is 18.7 Å². The fourth-order valence-electron chi connectivity index (χ4n) is 2.36. The van der Waals surface area contributed by atoms with E-state index in [1.807, 2.05) is 0 Å². The van der Waals surface area contributed by atoms with Gasteiger partial charge in [-0.3, -0.25) is 9.59 Å². The first kappa shape index (κ1) is 18.9. The standard InChI is InChI=1S/C19H19ClFNO3/c1-25-19(24)13-22(12-15-5-8-16(20)9-6-15)18(23)10-7-14-3-2-4-17(21)11-14/h2-6,8-9,11H,7,10,12-13H2,1H3. The summed E-state index contributed by atoms with van der Waals surface area (Å²) >= 11 is 5.86. The highest BCUT2D eigenvalue weighted by Gasteiger charge is 2.18. The highest BCUT2D eigenvalue weighted by atomic mass is 35.5. The lowest BCUT2D eigenvalue weighted by Gasteiger charge is -2.21. The molecule has 0 aliphatic heterocycles. The SMILES string of the molecule is COC(=O)CN(Cc1ccc(Cl)cc1)C(=O)CCc1cccc(F)c1. The molecule has 132 valence electrons. The van der Waals surface area contributed by atoms with Crippen molar-refractivity contribution in [3.05, 3.63) is 70.5 Å². The molecule has 0 radical (unpaired) electrons. The van der Waals surface area contributed by atoms with Gasteiger partial charge in [0.25, 0.3) is 0 Å². The molecule has 0 spiro atoms. The quantitative estimate of drug-likeness (QED) is 0.706. The maximum Gasteiger partial charge on any atom is 0.325 e. The number of hydrogen-bond donors (Lipinski definition) is 0. The van der Waals surface area contributed by atoms with Crippen LogP contribution in [-0.2, 0) is 27.3 Å². The van der Waals surface area contributed by atoms with Gasteiger partial charge in [-0.05, 0) is 41.8 Å². The zero-order valence-corrected chi connectivity index (χ0v) is 14.6. The molecule has 6 heteroatoms. The summed E-state index contributed by atoms with van der Waals surface area (Å²) in [5, 5.41) is 0.598. The van der Waals surface area contributed by atoms with Gasteiger partial charge < -0.3 is 9.64 Å². The normalized spacial score (nSPS) is 10.4. The Labute approximate surface area is 151 Å². The van der Waals surface area contributed by atoms with E-state index in [1.165, 1.54) is 24.1 Å². The second-order valence-electron chi connectivity index (χ2n) is 5.58. The van der Waals surface area contributed by atoms with Crippen molar-refractivity contribution in [3.8, 4) is 0 Å². The number of amides is 1. The highest BCUT2D eigenvalue weighted by molar-refractivity contribution is 6.30. The van der Waals surface area contributed by atoms with Crippen LogP contribution in [0.4, 0.5) is 4.39 Å². The first-order valence-electron chi connectivity index (χ1n) is 7.81. The number of nitrogens with zero attached hydrogens (tertiary/aromatic N) is 1. The number of carbonyl (C=O) groups is 2. The zero-order valence-electron chi connectivity index (χ0n) is 13.9. The van der Waals surface area contributed by atoms with E-state index in [0.717, 1.165) is 11.1 Å². The molecular formula is C19H19ClFNO3. The minimum Gasteiger partial charge on any atom is -0.468 e. The fourth-order valence-corrected chi connectivity index (χ4v) is 2.49. The predicted molar refractivity (Wildman–Crippen MR) is 93.6 cm³/mol. The second kappa shape index (κ2) is 9.18. The van der Waals surface area contributed by atoms with Crippen LogP contribution in [0.3, 0.4) is 0 Å². The smallest absolute Gasteiger partial charge is 0.325 e. The first-order chi connectivity index (χ1) is 12.0. The van der Waals surface area contributed by atoms with E-state index in [4.69, 9.17) is 11.6 Å². The second-order valence-corrected chi connectivity index (χ2v) is 6.02. The molecule has 0 aliphatic carbocycles. The lowest BCUT2D eigenvalue weighted by molar-refractivity contribution is -0.147. The summed E-state index contributed by atoms with van der Waals surface area (Å²) in [5.41, 5.74) is 1.59. The summed E-state index contributed by atoms with van der Waals surface area (Å²) in [5.74, 6) is -1.03. The van der Waals surface area contributed by atoms with Gasteiger partial charge in [0.2, 0.25) is 5.91 Å².